The third-order valence-corrected chi connectivity index (χ3v) is 3.57. The summed E-state index contributed by atoms with van der Waals surface area (Å²) in [6.45, 7) is 5.06. The molecule has 0 spiro atoms. The van der Waals surface area contributed by atoms with Gasteiger partial charge in [-0.3, -0.25) is 0 Å². The van der Waals surface area contributed by atoms with Crippen molar-refractivity contribution >= 4 is 11.9 Å². The monoisotopic (exact) mass is 385 g/mol. The summed E-state index contributed by atoms with van der Waals surface area (Å²) in [6, 6.07) is 21.3. The smallest absolute Gasteiger partial charge is 0.328 e. The van der Waals surface area contributed by atoms with Gasteiger partial charge < -0.3 is 20.3 Å². The van der Waals surface area contributed by atoms with Crippen molar-refractivity contribution in [2.45, 2.75) is 32.4 Å². The number of carboxylic acids is 2. The van der Waals surface area contributed by atoms with Gasteiger partial charge in [-0.05, 0) is 38.0 Å². The molecular weight excluding hydrogens is 358 g/mol. The molecule has 2 unspecified atom stereocenters. The van der Waals surface area contributed by atoms with Gasteiger partial charge in [0.25, 0.3) is 0 Å². The average Bonchev–Trinajstić information content (AvgIpc) is 2.67. The Balaban J connectivity index is 0.000000416. The zero-order valence-electron chi connectivity index (χ0n) is 16.1. The lowest BCUT2D eigenvalue weighted by Crippen LogP contribution is -2.39. The molecule has 2 aromatic rings. The van der Waals surface area contributed by atoms with E-state index in [0.717, 1.165) is 12.2 Å². The maximum atomic E-state index is 9.55. The highest BCUT2D eigenvalue weighted by atomic mass is 16.5. The average molecular weight is 385 g/mol. The number of aliphatic carboxylic acids is 2. The molecule has 0 radical (unpaired) electrons. The molecule has 6 nitrogen and oxygen atoms in total. The number of benzene rings is 2. The molecule has 2 atom stereocenters. The standard InChI is InChI=1S/C18H23NO.C4H4O4/c1-15(13-17-9-5-3-6-10-17)19-16(2)14-20-18-11-7-4-8-12-18;5-3(6)1-2-4(7)8/h3-12,15-16,19H,13-14H2,1-2H3;1-2H,(H,5,6)(H,7,8)/b;2-1+. The number of nitrogens with one attached hydrogen (secondary N) is 1. The molecule has 0 aliphatic heterocycles. The molecule has 2 aromatic carbocycles. The van der Waals surface area contributed by atoms with E-state index in [2.05, 4.69) is 49.5 Å². The van der Waals surface area contributed by atoms with Crippen LogP contribution in [0.25, 0.3) is 0 Å². The summed E-state index contributed by atoms with van der Waals surface area (Å²) in [5.74, 6) is -1.59. The number of carbonyl (C=O) groups is 2. The van der Waals surface area contributed by atoms with Gasteiger partial charge in [0.1, 0.15) is 12.4 Å². The predicted octanol–water partition coefficient (Wildman–Crippen LogP) is 3.39. The molecule has 0 saturated carbocycles. The number of rotatable bonds is 9. The lowest BCUT2D eigenvalue weighted by molar-refractivity contribution is -0.134. The van der Waals surface area contributed by atoms with Crippen molar-refractivity contribution < 1.29 is 24.5 Å². The topological polar surface area (TPSA) is 95.9 Å². The lowest BCUT2D eigenvalue weighted by Gasteiger charge is -2.20. The second-order valence-corrected chi connectivity index (χ2v) is 6.29. The summed E-state index contributed by atoms with van der Waals surface area (Å²) in [5, 5.41) is 19.2. The molecule has 0 bridgehead atoms. The molecule has 150 valence electrons. The van der Waals surface area contributed by atoms with Crippen molar-refractivity contribution in [3.63, 3.8) is 0 Å². The minimum atomic E-state index is -1.26. The molecule has 6 heteroatoms. The molecular formula is C22H27NO5. The Labute approximate surface area is 165 Å². The lowest BCUT2D eigenvalue weighted by atomic mass is 10.1. The molecule has 0 amide bonds. The summed E-state index contributed by atoms with van der Waals surface area (Å²) in [4.78, 5) is 19.1. The predicted molar refractivity (Wildman–Crippen MR) is 109 cm³/mol. The van der Waals surface area contributed by atoms with Crippen molar-refractivity contribution in [3.8, 4) is 5.75 Å². The van der Waals surface area contributed by atoms with Gasteiger partial charge in [0.15, 0.2) is 0 Å². The summed E-state index contributed by atoms with van der Waals surface area (Å²) in [5.41, 5.74) is 1.36. The van der Waals surface area contributed by atoms with Crippen molar-refractivity contribution in [3.05, 3.63) is 78.4 Å². The first kappa shape index (κ1) is 22.9. The van der Waals surface area contributed by atoms with E-state index in [4.69, 9.17) is 14.9 Å². The van der Waals surface area contributed by atoms with Crippen LogP contribution in [0.2, 0.25) is 0 Å². The van der Waals surface area contributed by atoms with E-state index < -0.39 is 11.9 Å². The van der Waals surface area contributed by atoms with E-state index in [0.29, 0.717) is 30.8 Å². The number of hydrogen-bond acceptors (Lipinski definition) is 4. The minimum Gasteiger partial charge on any atom is -0.492 e. The first-order valence-electron chi connectivity index (χ1n) is 8.98. The van der Waals surface area contributed by atoms with Crippen LogP contribution in [0.15, 0.2) is 72.8 Å². The highest BCUT2D eigenvalue weighted by molar-refractivity contribution is 5.89. The van der Waals surface area contributed by atoms with Crippen LogP contribution < -0.4 is 10.1 Å². The first-order chi connectivity index (χ1) is 13.4. The van der Waals surface area contributed by atoms with Crippen LogP contribution in [-0.2, 0) is 16.0 Å². The fourth-order valence-electron chi connectivity index (χ4n) is 2.44. The summed E-state index contributed by atoms with van der Waals surface area (Å²) in [7, 11) is 0. The number of para-hydroxylation sites is 1. The van der Waals surface area contributed by atoms with Crippen LogP contribution >= 0.6 is 0 Å². The van der Waals surface area contributed by atoms with Gasteiger partial charge in [-0.2, -0.15) is 0 Å². The van der Waals surface area contributed by atoms with Crippen LogP contribution in [-0.4, -0.2) is 40.8 Å². The molecule has 0 fully saturated rings. The van der Waals surface area contributed by atoms with Gasteiger partial charge in [-0.25, -0.2) is 9.59 Å². The quantitative estimate of drug-likeness (QED) is 0.573. The van der Waals surface area contributed by atoms with Crippen molar-refractivity contribution in [2.24, 2.45) is 0 Å². The third kappa shape index (κ3) is 11.5. The van der Waals surface area contributed by atoms with Crippen molar-refractivity contribution in [2.75, 3.05) is 6.61 Å². The highest BCUT2D eigenvalue weighted by Gasteiger charge is 2.08. The van der Waals surface area contributed by atoms with Gasteiger partial charge in [-0.15, -0.1) is 0 Å². The van der Waals surface area contributed by atoms with Crippen molar-refractivity contribution in [1.29, 1.82) is 0 Å². The fraction of sp³-hybridized carbons (Fsp3) is 0.273. The van der Waals surface area contributed by atoms with Gasteiger partial charge >= 0.3 is 11.9 Å². The maximum absolute atomic E-state index is 9.55. The minimum absolute atomic E-state index is 0.328. The zero-order valence-corrected chi connectivity index (χ0v) is 16.1. The van der Waals surface area contributed by atoms with E-state index in [-0.39, 0.29) is 0 Å². The normalized spacial score (nSPS) is 12.5. The second-order valence-electron chi connectivity index (χ2n) is 6.29. The Morgan fingerprint density at radius 3 is 1.89 bits per heavy atom. The first-order valence-corrected chi connectivity index (χ1v) is 8.98. The highest BCUT2D eigenvalue weighted by Crippen LogP contribution is 2.09. The van der Waals surface area contributed by atoms with Crippen molar-refractivity contribution in [1.82, 2.24) is 5.32 Å². The van der Waals surface area contributed by atoms with Gasteiger partial charge in [-0.1, -0.05) is 48.5 Å². The summed E-state index contributed by atoms with van der Waals surface area (Å²) < 4.78 is 5.76. The second kappa shape index (κ2) is 13.1. The molecule has 0 saturated heterocycles. The molecule has 0 heterocycles. The Morgan fingerprint density at radius 1 is 0.893 bits per heavy atom. The van der Waals surface area contributed by atoms with Crippen LogP contribution in [0.1, 0.15) is 19.4 Å². The molecule has 2 rings (SSSR count). The van der Waals surface area contributed by atoms with E-state index in [1.165, 1.54) is 5.56 Å². The van der Waals surface area contributed by atoms with E-state index >= 15 is 0 Å². The van der Waals surface area contributed by atoms with Gasteiger partial charge in [0.2, 0.25) is 0 Å². The zero-order chi connectivity index (χ0) is 20.8. The molecule has 0 aliphatic carbocycles. The van der Waals surface area contributed by atoms with E-state index in [1.54, 1.807) is 0 Å². The Bertz CT molecular complexity index is 715. The molecule has 3 N–H and O–H groups in total. The number of ether oxygens (including phenoxy) is 1. The van der Waals surface area contributed by atoms with Gasteiger partial charge in [0, 0.05) is 24.2 Å². The van der Waals surface area contributed by atoms with E-state index in [9.17, 15) is 9.59 Å². The summed E-state index contributed by atoms with van der Waals surface area (Å²) >= 11 is 0. The third-order valence-electron chi connectivity index (χ3n) is 3.57. The largest absolute Gasteiger partial charge is 0.492 e. The Hall–Kier alpha value is -3.12. The Morgan fingerprint density at radius 2 is 1.39 bits per heavy atom. The SMILES string of the molecule is CC(COc1ccccc1)NC(C)Cc1ccccc1.O=C(O)/C=C/C(=O)O. The molecule has 0 aliphatic rings. The van der Waals surface area contributed by atoms with Crippen LogP contribution in [0.4, 0.5) is 0 Å². The number of carboxylic acid groups (broad SMARTS) is 2. The van der Waals surface area contributed by atoms with Crippen LogP contribution in [0.5, 0.6) is 5.75 Å². The number of hydrogen-bond donors (Lipinski definition) is 3. The summed E-state index contributed by atoms with van der Waals surface area (Å²) in [6.07, 6.45) is 2.15. The molecule has 28 heavy (non-hydrogen) atoms. The maximum Gasteiger partial charge on any atom is 0.328 e. The van der Waals surface area contributed by atoms with Crippen LogP contribution in [0.3, 0.4) is 0 Å². The van der Waals surface area contributed by atoms with Crippen LogP contribution in [0, 0.1) is 0 Å². The fourth-order valence-corrected chi connectivity index (χ4v) is 2.44. The van der Waals surface area contributed by atoms with Gasteiger partial charge in [0.05, 0.1) is 0 Å². The van der Waals surface area contributed by atoms with E-state index in [1.807, 2.05) is 30.3 Å². The molecule has 0 aromatic heterocycles. The Kier molecular flexibility index (Phi) is 10.7.